The van der Waals surface area contributed by atoms with Gasteiger partial charge < -0.3 is 0 Å². The molecule has 0 amide bonds. The topological polar surface area (TPSA) is 0 Å². The standard InChI is InChI=1S/C21H26/c1-3-4-5-6-11-16(2)21-19-14-9-7-12-17(19)18-13-8-10-15-20(18)21/h7-10,12-16,21H,3-6,11H2,1-2H3. The summed E-state index contributed by atoms with van der Waals surface area (Å²) >= 11 is 0. The fraction of sp³-hybridized carbons (Fsp3) is 0.429. The van der Waals surface area contributed by atoms with Crippen molar-refractivity contribution in [2.45, 2.75) is 51.9 Å². The van der Waals surface area contributed by atoms with Gasteiger partial charge in [-0.1, -0.05) is 88.1 Å². The molecule has 0 aliphatic heterocycles. The number of hydrogen-bond acceptors (Lipinski definition) is 0. The first-order valence-corrected chi connectivity index (χ1v) is 8.51. The van der Waals surface area contributed by atoms with E-state index in [2.05, 4.69) is 62.4 Å². The number of fused-ring (bicyclic) bond motifs is 3. The third kappa shape index (κ3) is 2.77. The molecule has 0 N–H and O–H groups in total. The van der Waals surface area contributed by atoms with Crippen LogP contribution in [-0.4, -0.2) is 0 Å². The van der Waals surface area contributed by atoms with Crippen molar-refractivity contribution in [2.24, 2.45) is 5.92 Å². The highest BCUT2D eigenvalue weighted by atomic mass is 14.3. The van der Waals surface area contributed by atoms with Crippen LogP contribution in [0.4, 0.5) is 0 Å². The molecule has 2 aromatic rings. The molecule has 0 heteroatoms. The van der Waals surface area contributed by atoms with Crippen LogP contribution in [0.2, 0.25) is 0 Å². The zero-order valence-corrected chi connectivity index (χ0v) is 13.3. The van der Waals surface area contributed by atoms with Gasteiger partial charge in [-0.05, 0) is 34.6 Å². The summed E-state index contributed by atoms with van der Waals surface area (Å²) in [6.45, 7) is 4.72. The van der Waals surface area contributed by atoms with Crippen molar-refractivity contribution in [1.29, 1.82) is 0 Å². The van der Waals surface area contributed by atoms with E-state index in [1.807, 2.05) is 0 Å². The lowest BCUT2D eigenvalue weighted by Gasteiger charge is -2.22. The highest BCUT2D eigenvalue weighted by molar-refractivity contribution is 5.78. The number of rotatable bonds is 6. The molecule has 0 heterocycles. The van der Waals surface area contributed by atoms with Gasteiger partial charge in [0.1, 0.15) is 0 Å². The lowest BCUT2D eigenvalue weighted by Crippen LogP contribution is -2.08. The first kappa shape index (κ1) is 14.4. The molecular weight excluding hydrogens is 252 g/mol. The summed E-state index contributed by atoms with van der Waals surface area (Å²) in [5, 5.41) is 0. The predicted octanol–water partition coefficient (Wildman–Crippen LogP) is 6.41. The van der Waals surface area contributed by atoms with Crippen LogP contribution in [0.1, 0.15) is 63.0 Å². The van der Waals surface area contributed by atoms with Gasteiger partial charge in [0.15, 0.2) is 0 Å². The van der Waals surface area contributed by atoms with Crippen LogP contribution in [0.15, 0.2) is 48.5 Å². The highest BCUT2D eigenvalue weighted by Crippen LogP contribution is 2.48. The van der Waals surface area contributed by atoms with Crippen molar-refractivity contribution < 1.29 is 0 Å². The second-order valence-electron chi connectivity index (χ2n) is 6.48. The first-order chi connectivity index (χ1) is 10.3. The van der Waals surface area contributed by atoms with Crippen LogP contribution < -0.4 is 0 Å². The molecule has 0 radical (unpaired) electrons. The van der Waals surface area contributed by atoms with E-state index in [1.165, 1.54) is 43.2 Å². The Morgan fingerprint density at radius 3 is 1.95 bits per heavy atom. The van der Waals surface area contributed by atoms with Crippen molar-refractivity contribution in [3.05, 3.63) is 59.7 Å². The van der Waals surface area contributed by atoms with Crippen LogP contribution in [0.25, 0.3) is 11.1 Å². The second-order valence-corrected chi connectivity index (χ2v) is 6.48. The molecule has 2 aromatic carbocycles. The molecule has 0 bridgehead atoms. The average Bonchev–Trinajstić information content (AvgIpc) is 2.86. The Kier molecular flexibility index (Phi) is 4.43. The highest BCUT2D eigenvalue weighted by Gasteiger charge is 2.31. The summed E-state index contributed by atoms with van der Waals surface area (Å²) in [6.07, 6.45) is 6.80. The van der Waals surface area contributed by atoms with Crippen molar-refractivity contribution in [3.8, 4) is 11.1 Å². The molecule has 0 spiro atoms. The Hall–Kier alpha value is -1.56. The van der Waals surface area contributed by atoms with E-state index in [-0.39, 0.29) is 0 Å². The van der Waals surface area contributed by atoms with Crippen LogP contribution in [0.3, 0.4) is 0 Å². The quantitative estimate of drug-likeness (QED) is 0.536. The van der Waals surface area contributed by atoms with Crippen molar-refractivity contribution >= 4 is 0 Å². The van der Waals surface area contributed by atoms with Gasteiger partial charge in [0, 0.05) is 5.92 Å². The predicted molar refractivity (Wildman–Crippen MR) is 91.6 cm³/mol. The summed E-state index contributed by atoms with van der Waals surface area (Å²) in [5.74, 6) is 1.32. The largest absolute Gasteiger partial charge is 0.0654 e. The van der Waals surface area contributed by atoms with E-state index in [0.29, 0.717) is 5.92 Å². The first-order valence-electron chi connectivity index (χ1n) is 8.51. The fourth-order valence-corrected chi connectivity index (χ4v) is 3.87. The van der Waals surface area contributed by atoms with E-state index in [4.69, 9.17) is 0 Å². The summed E-state index contributed by atoms with van der Waals surface area (Å²) in [6, 6.07) is 18.0. The van der Waals surface area contributed by atoms with E-state index >= 15 is 0 Å². The summed E-state index contributed by atoms with van der Waals surface area (Å²) in [4.78, 5) is 0. The molecule has 1 atom stereocenters. The van der Waals surface area contributed by atoms with Crippen LogP contribution >= 0.6 is 0 Å². The van der Waals surface area contributed by atoms with Gasteiger partial charge >= 0.3 is 0 Å². The van der Waals surface area contributed by atoms with Gasteiger partial charge in [-0.2, -0.15) is 0 Å². The zero-order chi connectivity index (χ0) is 14.7. The van der Waals surface area contributed by atoms with E-state index in [0.717, 1.165) is 5.92 Å². The lowest BCUT2D eigenvalue weighted by molar-refractivity contribution is 0.449. The Morgan fingerprint density at radius 2 is 1.38 bits per heavy atom. The van der Waals surface area contributed by atoms with Crippen molar-refractivity contribution in [1.82, 2.24) is 0 Å². The van der Waals surface area contributed by atoms with E-state index < -0.39 is 0 Å². The van der Waals surface area contributed by atoms with Gasteiger partial charge in [0.25, 0.3) is 0 Å². The number of hydrogen-bond donors (Lipinski definition) is 0. The summed E-state index contributed by atoms with van der Waals surface area (Å²) < 4.78 is 0. The van der Waals surface area contributed by atoms with Gasteiger partial charge in [0.2, 0.25) is 0 Å². The van der Waals surface area contributed by atoms with Crippen LogP contribution in [0.5, 0.6) is 0 Å². The summed E-state index contributed by atoms with van der Waals surface area (Å²) in [7, 11) is 0. The van der Waals surface area contributed by atoms with Gasteiger partial charge in [0.05, 0.1) is 0 Å². The maximum atomic E-state index is 2.44. The molecule has 110 valence electrons. The minimum absolute atomic E-state index is 0.596. The van der Waals surface area contributed by atoms with Crippen molar-refractivity contribution in [2.75, 3.05) is 0 Å². The zero-order valence-electron chi connectivity index (χ0n) is 13.3. The van der Waals surface area contributed by atoms with Crippen LogP contribution in [-0.2, 0) is 0 Å². The normalized spacial score (nSPS) is 14.8. The average molecular weight is 278 g/mol. The number of unbranched alkanes of at least 4 members (excludes halogenated alkanes) is 3. The Labute approximate surface area is 129 Å². The third-order valence-electron chi connectivity index (χ3n) is 4.96. The molecular formula is C21H26. The molecule has 1 unspecified atom stereocenters. The molecule has 0 nitrogen and oxygen atoms in total. The molecule has 0 saturated heterocycles. The van der Waals surface area contributed by atoms with E-state index in [1.54, 1.807) is 11.1 Å². The SMILES string of the molecule is CCCCCCC(C)C1c2ccccc2-c2ccccc21. The molecule has 0 fully saturated rings. The second kappa shape index (κ2) is 6.47. The van der Waals surface area contributed by atoms with Gasteiger partial charge in [-0.3, -0.25) is 0 Å². The van der Waals surface area contributed by atoms with Gasteiger partial charge in [-0.25, -0.2) is 0 Å². The van der Waals surface area contributed by atoms with Crippen LogP contribution in [0, 0.1) is 5.92 Å². The Bertz CT molecular complexity index is 551. The van der Waals surface area contributed by atoms with E-state index in [9.17, 15) is 0 Å². The third-order valence-corrected chi connectivity index (χ3v) is 4.96. The number of benzene rings is 2. The van der Waals surface area contributed by atoms with Crippen molar-refractivity contribution in [3.63, 3.8) is 0 Å². The molecule has 0 aromatic heterocycles. The maximum absolute atomic E-state index is 2.44. The smallest absolute Gasteiger partial charge is 0.0127 e. The van der Waals surface area contributed by atoms with Gasteiger partial charge in [-0.15, -0.1) is 0 Å². The lowest BCUT2D eigenvalue weighted by atomic mass is 9.82. The minimum Gasteiger partial charge on any atom is -0.0654 e. The Morgan fingerprint density at radius 1 is 0.810 bits per heavy atom. The molecule has 1 aliphatic rings. The minimum atomic E-state index is 0.596. The monoisotopic (exact) mass is 278 g/mol. The summed E-state index contributed by atoms with van der Waals surface area (Å²) in [5.41, 5.74) is 6.00. The molecule has 1 aliphatic carbocycles. The molecule has 0 saturated carbocycles. The maximum Gasteiger partial charge on any atom is 0.0127 e. The molecule has 3 rings (SSSR count). The molecule has 21 heavy (non-hydrogen) atoms. The fourth-order valence-electron chi connectivity index (χ4n) is 3.87. The Balaban J connectivity index is 1.84.